The maximum atomic E-state index is 5.78. The molecule has 0 bridgehead atoms. The SMILES string of the molecule is CNCC1(C(C)N)CC1. The summed E-state index contributed by atoms with van der Waals surface area (Å²) in [4.78, 5) is 0. The Morgan fingerprint density at radius 2 is 2.22 bits per heavy atom. The molecule has 3 N–H and O–H groups in total. The molecule has 9 heavy (non-hydrogen) atoms. The van der Waals surface area contributed by atoms with E-state index < -0.39 is 0 Å². The lowest BCUT2D eigenvalue weighted by Crippen LogP contribution is -2.35. The highest BCUT2D eigenvalue weighted by atomic mass is 14.9. The summed E-state index contributed by atoms with van der Waals surface area (Å²) in [5.41, 5.74) is 6.25. The Hall–Kier alpha value is -0.0800. The summed E-state index contributed by atoms with van der Waals surface area (Å²) >= 11 is 0. The summed E-state index contributed by atoms with van der Waals surface area (Å²) in [5.74, 6) is 0. The van der Waals surface area contributed by atoms with Crippen LogP contribution in [0.4, 0.5) is 0 Å². The molecule has 54 valence electrons. The molecular formula is C7H16N2. The lowest BCUT2D eigenvalue weighted by molar-refractivity contribution is 0.405. The summed E-state index contributed by atoms with van der Waals surface area (Å²) in [6.07, 6.45) is 2.62. The molecule has 1 saturated carbocycles. The monoisotopic (exact) mass is 128 g/mol. The second-order valence-electron chi connectivity index (χ2n) is 3.18. The zero-order chi connectivity index (χ0) is 6.91. The highest BCUT2D eigenvalue weighted by molar-refractivity contribution is 5.00. The van der Waals surface area contributed by atoms with Gasteiger partial charge in [0.05, 0.1) is 0 Å². The van der Waals surface area contributed by atoms with Crippen molar-refractivity contribution in [3.63, 3.8) is 0 Å². The predicted molar refractivity (Wildman–Crippen MR) is 39.2 cm³/mol. The molecule has 0 aromatic rings. The van der Waals surface area contributed by atoms with Crippen LogP contribution in [-0.4, -0.2) is 19.6 Å². The minimum Gasteiger partial charge on any atom is -0.327 e. The average Bonchev–Trinajstić information content (AvgIpc) is 2.49. The number of nitrogens with one attached hydrogen (secondary N) is 1. The van der Waals surface area contributed by atoms with Crippen molar-refractivity contribution in [3.8, 4) is 0 Å². The van der Waals surface area contributed by atoms with Gasteiger partial charge >= 0.3 is 0 Å². The van der Waals surface area contributed by atoms with E-state index in [9.17, 15) is 0 Å². The van der Waals surface area contributed by atoms with E-state index in [0.29, 0.717) is 11.5 Å². The fraction of sp³-hybridized carbons (Fsp3) is 1.00. The van der Waals surface area contributed by atoms with Gasteiger partial charge in [-0.2, -0.15) is 0 Å². The Morgan fingerprint density at radius 1 is 1.67 bits per heavy atom. The van der Waals surface area contributed by atoms with Crippen LogP contribution in [0.5, 0.6) is 0 Å². The van der Waals surface area contributed by atoms with Gasteiger partial charge in [0.2, 0.25) is 0 Å². The number of rotatable bonds is 3. The number of hydrogen-bond acceptors (Lipinski definition) is 2. The third-order valence-corrected chi connectivity index (χ3v) is 2.39. The normalized spacial score (nSPS) is 25.7. The molecule has 0 aromatic heterocycles. The van der Waals surface area contributed by atoms with Crippen molar-refractivity contribution in [1.29, 1.82) is 0 Å². The van der Waals surface area contributed by atoms with Gasteiger partial charge in [0.15, 0.2) is 0 Å². The van der Waals surface area contributed by atoms with Crippen LogP contribution < -0.4 is 11.1 Å². The molecule has 1 aliphatic rings. The third-order valence-electron chi connectivity index (χ3n) is 2.39. The molecule has 1 rings (SSSR count). The second-order valence-corrected chi connectivity index (χ2v) is 3.18. The Labute approximate surface area is 56.8 Å². The van der Waals surface area contributed by atoms with Crippen molar-refractivity contribution in [3.05, 3.63) is 0 Å². The molecule has 1 unspecified atom stereocenters. The van der Waals surface area contributed by atoms with Crippen molar-refractivity contribution in [2.45, 2.75) is 25.8 Å². The molecule has 1 fully saturated rings. The van der Waals surface area contributed by atoms with Gasteiger partial charge < -0.3 is 11.1 Å². The van der Waals surface area contributed by atoms with Crippen molar-refractivity contribution >= 4 is 0 Å². The molecule has 0 radical (unpaired) electrons. The standard InChI is InChI=1S/C7H16N2/c1-6(8)7(3-4-7)5-9-2/h6,9H,3-5,8H2,1-2H3. The Bertz CT molecular complexity index is 95.1. The number of hydrogen-bond donors (Lipinski definition) is 2. The maximum Gasteiger partial charge on any atom is 0.00791 e. The summed E-state index contributed by atoms with van der Waals surface area (Å²) in [7, 11) is 1.99. The fourth-order valence-electron chi connectivity index (χ4n) is 1.31. The third kappa shape index (κ3) is 1.25. The molecule has 2 nitrogen and oxygen atoms in total. The minimum atomic E-state index is 0.366. The molecule has 0 amide bonds. The van der Waals surface area contributed by atoms with Crippen molar-refractivity contribution in [1.82, 2.24) is 5.32 Å². The van der Waals surface area contributed by atoms with Gasteiger partial charge in [-0.1, -0.05) is 0 Å². The first-order chi connectivity index (χ1) is 4.21. The molecule has 0 saturated heterocycles. The minimum absolute atomic E-state index is 0.366. The molecule has 0 aliphatic heterocycles. The molecule has 1 atom stereocenters. The Morgan fingerprint density at radius 3 is 2.33 bits per heavy atom. The van der Waals surface area contributed by atoms with E-state index in [0.717, 1.165) is 6.54 Å². The topological polar surface area (TPSA) is 38.0 Å². The summed E-state index contributed by atoms with van der Waals surface area (Å²) < 4.78 is 0. The van der Waals surface area contributed by atoms with Gasteiger partial charge in [0, 0.05) is 12.6 Å². The maximum absolute atomic E-state index is 5.78. The Kier molecular flexibility index (Phi) is 1.78. The van der Waals surface area contributed by atoms with Crippen LogP contribution in [0.2, 0.25) is 0 Å². The predicted octanol–water partition coefficient (Wildman–Crippen LogP) is 0.333. The van der Waals surface area contributed by atoms with Gasteiger partial charge in [0.25, 0.3) is 0 Å². The lowest BCUT2D eigenvalue weighted by Gasteiger charge is -2.18. The largest absolute Gasteiger partial charge is 0.327 e. The zero-order valence-corrected chi connectivity index (χ0v) is 6.28. The highest BCUT2D eigenvalue weighted by Crippen LogP contribution is 2.47. The zero-order valence-electron chi connectivity index (χ0n) is 6.28. The summed E-state index contributed by atoms with van der Waals surface area (Å²) in [6, 6.07) is 0.366. The van der Waals surface area contributed by atoms with E-state index in [4.69, 9.17) is 5.73 Å². The van der Waals surface area contributed by atoms with Gasteiger partial charge in [-0.05, 0) is 32.2 Å². The fourth-order valence-corrected chi connectivity index (χ4v) is 1.31. The van der Waals surface area contributed by atoms with Gasteiger partial charge in [-0.3, -0.25) is 0 Å². The van der Waals surface area contributed by atoms with Crippen LogP contribution >= 0.6 is 0 Å². The van der Waals surface area contributed by atoms with E-state index >= 15 is 0 Å². The second kappa shape index (κ2) is 2.27. The van der Waals surface area contributed by atoms with Crippen LogP contribution in [0, 0.1) is 5.41 Å². The number of nitrogens with two attached hydrogens (primary N) is 1. The van der Waals surface area contributed by atoms with Crippen LogP contribution in [0.3, 0.4) is 0 Å². The van der Waals surface area contributed by atoms with Gasteiger partial charge in [0.1, 0.15) is 0 Å². The molecule has 2 heteroatoms. The Balaban J connectivity index is 2.33. The van der Waals surface area contributed by atoms with Crippen molar-refractivity contribution in [2.24, 2.45) is 11.1 Å². The first-order valence-corrected chi connectivity index (χ1v) is 3.61. The van der Waals surface area contributed by atoms with Gasteiger partial charge in [-0.25, -0.2) is 0 Å². The van der Waals surface area contributed by atoms with E-state index in [1.165, 1.54) is 12.8 Å². The smallest absolute Gasteiger partial charge is 0.00791 e. The molecule has 0 aromatic carbocycles. The molecule has 0 spiro atoms. The van der Waals surface area contributed by atoms with E-state index in [2.05, 4.69) is 12.2 Å². The van der Waals surface area contributed by atoms with Crippen LogP contribution in [0.15, 0.2) is 0 Å². The highest BCUT2D eigenvalue weighted by Gasteiger charge is 2.44. The van der Waals surface area contributed by atoms with E-state index in [1.54, 1.807) is 0 Å². The van der Waals surface area contributed by atoms with Crippen LogP contribution in [0.1, 0.15) is 19.8 Å². The molecule has 1 aliphatic carbocycles. The molecular weight excluding hydrogens is 112 g/mol. The van der Waals surface area contributed by atoms with Crippen LogP contribution in [0.25, 0.3) is 0 Å². The summed E-state index contributed by atoms with van der Waals surface area (Å²) in [5, 5.41) is 3.17. The van der Waals surface area contributed by atoms with E-state index in [1.807, 2.05) is 7.05 Å². The van der Waals surface area contributed by atoms with Crippen molar-refractivity contribution in [2.75, 3.05) is 13.6 Å². The van der Waals surface area contributed by atoms with Crippen LogP contribution in [-0.2, 0) is 0 Å². The first-order valence-electron chi connectivity index (χ1n) is 3.61. The summed E-state index contributed by atoms with van der Waals surface area (Å²) in [6.45, 7) is 3.19. The first kappa shape index (κ1) is 7.03. The lowest BCUT2D eigenvalue weighted by atomic mass is 9.99. The van der Waals surface area contributed by atoms with E-state index in [-0.39, 0.29) is 0 Å². The van der Waals surface area contributed by atoms with Crippen molar-refractivity contribution < 1.29 is 0 Å². The molecule has 0 heterocycles. The van der Waals surface area contributed by atoms with Gasteiger partial charge in [-0.15, -0.1) is 0 Å². The quantitative estimate of drug-likeness (QED) is 0.575. The average molecular weight is 128 g/mol.